The molecule has 1 amide bonds. The number of hydrogen-bond donors (Lipinski definition) is 2. The minimum atomic E-state index is -0.553. The standard InChI is InChI=1S/C14H19N3O4/c1-14(6-3-7-21-14)9-16-13(18)11-8-10(15-2)4-5-12(11)17(19)20/h4-5,8,15H,3,6-7,9H2,1-2H3,(H,16,18). The third-order valence-electron chi connectivity index (χ3n) is 3.65. The van der Waals surface area contributed by atoms with Gasteiger partial charge < -0.3 is 15.4 Å². The van der Waals surface area contributed by atoms with Gasteiger partial charge in [-0.1, -0.05) is 0 Å². The summed E-state index contributed by atoms with van der Waals surface area (Å²) in [6.45, 7) is 2.95. The lowest BCUT2D eigenvalue weighted by Crippen LogP contribution is -2.40. The lowest BCUT2D eigenvalue weighted by atomic mass is 10.0. The molecule has 7 heteroatoms. The van der Waals surface area contributed by atoms with Crippen LogP contribution in [0.3, 0.4) is 0 Å². The minimum Gasteiger partial charge on any atom is -0.388 e. The molecule has 1 aromatic rings. The Morgan fingerprint density at radius 1 is 1.52 bits per heavy atom. The molecule has 0 bridgehead atoms. The number of nitro benzene ring substituents is 1. The quantitative estimate of drug-likeness (QED) is 0.639. The van der Waals surface area contributed by atoms with Gasteiger partial charge in [-0.15, -0.1) is 0 Å². The molecule has 1 saturated heterocycles. The largest absolute Gasteiger partial charge is 0.388 e. The molecule has 1 atom stereocenters. The number of carbonyl (C=O) groups is 1. The highest BCUT2D eigenvalue weighted by Gasteiger charge is 2.31. The molecule has 1 aliphatic heterocycles. The van der Waals surface area contributed by atoms with E-state index in [1.165, 1.54) is 12.1 Å². The fraction of sp³-hybridized carbons (Fsp3) is 0.500. The predicted molar refractivity (Wildman–Crippen MR) is 78.6 cm³/mol. The summed E-state index contributed by atoms with van der Waals surface area (Å²) in [5.74, 6) is -0.462. The monoisotopic (exact) mass is 293 g/mol. The molecule has 0 spiro atoms. The van der Waals surface area contributed by atoms with Gasteiger partial charge >= 0.3 is 0 Å². The van der Waals surface area contributed by atoms with E-state index in [9.17, 15) is 14.9 Å². The summed E-state index contributed by atoms with van der Waals surface area (Å²) in [4.78, 5) is 22.7. The number of rotatable bonds is 5. The van der Waals surface area contributed by atoms with Crippen molar-refractivity contribution >= 4 is 17.3 Å². The molecule has 1 fully saturated rings. The van der Waals surface area contributed by atoms with Gasteiger partial charge in [0.1, 0.15) is 5.56 Å². The first kappa shape index (κ1) is 15.2. The van der Waals surface area contributed by atoms with Crippen LogP contribution in [-0.4, -0.2) is 36.6 Å². The molecule has 2 rings (SSSR count). The van der Waals surface area contributed by atoms with Crippen molar-refractivity contribution in [2.24, 2.45) is 0 Å². The Morgan fingerprint density at radius 3 is 2.86 bits per heavy atom. The van der Waals surface area contributed by atoms with Crippen molar-refractivity contribution < 1.29 is 14.5 Å². The van der Waals surface area contributed by atoms with Crippen LogP contribution in [0.15, 0.2) is 18.2 Å². The van der Waals surface area contributed by atoms with Crippen molar-refractivity contribution in [3.05, 3.63) is 33.9 Å². The Labute approximate surface area is 122 Å². The highest BCUT2D eigenvalue weighted by Crippen LogP contribution is 2.25. The van der Waals surface area contributed by atoms with Crippen LogP contribution >= 0.6 is 0 Å². The van der Waals surface area contributed by atoms with Gasteiger partial charge in [-0.2, -0.15) is 0 Å². The zero-order chi connectivity index (χ0) is 15.5. The maximum atomic E-state index is 12.2. The maximum absolute atomic E-state index is 12.2. The van der Waals surface area contributed by atoms with E-state index < -0.39 is 10.8 Å². The molecule has 0 radical (unpaired) electrons. The van der Waals surface area contributed by atoms with Crippen LogP contribution < -0.4 is 10.6 Å². The molecule has 21 heavy (non-hydrogen) atoms. The molecule has 1 aromatic carbocycles. The molecule has 1 heterocycles. The molecule has 0 aromatic heterocycles. The second-order valence-corrected chi connectivity index (χ2v) is 5.32. The lowest BCUT2D eigenvalue weighted by Gasteiger charge is -2.23. The van der Waals surface area contributed by atoms with Gasteiger partial charge in [-0.05, 0) is 31.9 Å². The van der Waals surface area contributed by atoms with Crippen LogP contribution in [-0.2, 0) is 4.74 Å². The number of nitrogens with zero attached hydrogens (tertiary/aromatic N) is 1. The molecular formula is C14H19N3O4. The first-order chi connectivity index (χ1) is 9.95. The Balaban J connectivity index is 2.15. The zero-order valence-electron chi connectivity index (χ0n) is 12.1. The lowest BCUT2D eigenvalue weighted by molar-refractivity contribution is -0.385. The molecule has 0 aliphatic carbocycles. The van der Waals surface area contributed by atoms with E-state index in [0.29, 0.717) is 18.8 Å². The normalized spacial score (nSPS) is 21.0. The number of amides is 1. The van der Waals surface area contributed by atoms with Crippen LogP contribution in [0.1, 0.15) is 30.1 Å². The molecule has 0 saturated carbocycles. The summed E-state index contributed by atoms with van der Waals surface area (Å²) in [6.07, 6.45) is 1.83. The van der Waals surface area contributed by atoms with Crippen LogP contribution in [0.5, 0.6) is 0 Å². The minimum absolute atomic E-state index is 0.0495. The van der Waals surface area contributed by atoms with Gasteiger partial charge in [0.15, 0.2) is 0 Å². The molecule has 114 valence electrons. The first-order valence-corrected chi connectivity index (χ1v) is 6.83. The number of benzene rings is 1. The molecule has 1 aliphatic rings. The van der Waals surface area contributed by atoms with E-state index in [-0.39, 0.29) is 16.9 Å². The fourth-order valence-corrected chi connectivity index (χ4v) is 2.37. The number of hydrogen-bond acceptors (Lipinski definition) is 5. The van der Waals surface area contributed by atoms with Crippen molar-refractivity contribution in [2.75, 3.05) is 25.5 Å². The maximum Gasteiger partial charge on any atom is 0.282 e. The summed E-state index contributed by atoms with van der Waals surface area (Å²) in [7, 11) is 1.69. The molecule has 2 N–H and O–H groups in total. The van der Waals surface area contributed by atoms with Gasteiger partial charge in [0.2, 0.25) is 0 Å². The fourth-order valence-electron chi connectivity index (χ4n) is 2.37. The van der Waals surface area contributed by atoms with Crippen LogP contribution in [0, 0.1) is 10.1 Å². The second-order valence-electron chi connectivity index (χ2n) is 5.32. The van der Waals surface area contributed by atoms with Crippen LogP contribution in [0.4, 0.5) is 11.4 Å². The average molecular weight is 293 g/mol. The van der Waals surface area contributed by atoms with Crippen molar-refractivity contribution in [1.29, 1.82) is 0 Å². The van der Waals surface area contributed by atoms with E-state index in [1.54, 1.807) is 13.1 Å². The van der Waals surface area contributed by atoms with Gasteiger partial charge in [0, 0.05) is 32.0 Å². The first-order valence-electron chi connectivity index (χ1n) is 6.83. The topological polar surface area (TPSA) is 93.5 Å². The van der Waals surface area contributed by atoms with E-state index in [2.05, 4.69) is 10.6 Å². The number of nitro groups is 1. The summed E-state index contributed by atoms with van der Waals surface area (Å²) in [6, 6.07) is 4.37. The number of carbonyl (C=O) groups excluding carboxylic acids is 1. The molecular weight excluding hydrogens is 274 g/mol. The third-order valence-corrected chi connectivity index (χ3v) is 3.65. The van der Waals surface area contributed by atoms with E-state index >= 15 is 0 Å². The van der Waals surface area contributed by atoms with E-state index in [0.717, 1.165) is 12.8 Å². The molecule has 1 unspecified atom stereocenters. The summed E-state index contributed by atoms with van der Waals surface area (Å²) >= 11 is 0. The Morgan fingerprint density at radius 2 is 2.29 bits per heavy atom. The Bertz CT molecular complexity index is 553. The van der Waals surface area contributed by atoms with Crippen molar-refractivity contribution in [1.82, 2.24) is 5.32 Å². The van der Waals surface area contributed by atoms with Crippen molar-refractivity contribution in [3.63, 3.8) is 0 Å². The van der Waals surface area contributed by atoms with Gasteiger partial charge in [0.05, 0.1) is 10.5 Å². The number of ether oxygens (including phenoxy) is 1. The smallest absolute Gasteiger partial charge is 0.282 e. The average Bonchev–Trinajstić information content (AvgIpc) is 2.91. The highest BCUT2D eigenvalue weighted by atomic mass is 16.6. The van der Waals surface area contributed by atoms with Crippen LogP contribution in [0.25, 0.3) is 0 Å². The second kappa shape index (κ2) is 6.09. The third kappa shape index (κ3) is 3.49. The van der Waals surface area contributed by atoms with Gasteiger partial charge in [-0.25, -0.2) is 0 Å². The Hall–Kier alpha value is -2.15. The number of nitrogens with one attached hydrogen (secondary N) is 2. The molecule has 7 nitrogen and oxygen atoms in total. The van der Waals surface area contributed by atoms with E-state index in [4.69, 9.17) is 4.74 Å². The predicted octanol–water partition coefficient (Wildman–Crippen LogP) is 1.94. The summed E-state index contributed by atoms with van der Waals surface area (Å²) < 4.78 is 5.59. The van der Waals surface area contributed by atoms with Crippen molar-refractivity contribution in [3.8, 4) is 0 Å². The number of anilines is 1. The van der Waals surface area contributed by atoms with Gasteiger partial charge in [-0.3, -0.25) is 14.9 Å². The SMILES string of the molecule is CNc1ccc([N+](=O)[O-])c(C(=O)NCC2(C)CCCO2)c1. The zero-order valence-corrected chi connectivity index (χ0v) is 12.1. The van der Waals surface area contributed by atoms with Crippen LogP contribution in [0.2, 0.25) is 0 Å². The van der Waals surface area contributed by atoms with Crippen molar-refractivity contribution in [2.45, 2.75) is 25.4 Å². The van der Waals surface area contributed by atoms with Gasteiger partial charge in [0.25, 0.3) is 11.6 Å². The summed E-state index contributed by atoms with van der Waals surface area (Å²) in [5.41, 5.74) is 0.108. The van der Waals surface area contributed by atoms with E-state index in [1.807, 2.05) is 6.92 Å². The highest BCUT2D eigenvalue weighted by molar-refractivity contribution is 5.99. The Kier molecular flexibility index (Phi) is 4.42. The summed E-state index contributed by atoms with van der Waals surface area (Å²) in [5, 5.41) is 16.6.